The molecule has 31 heavy (non-hydrogen) atoms. The highest BCUT2D eigenvalue weighted by molar-refractivity contribution is 7.19. The molecule has 0 aliphatic heterocycles. The van der Waals surface area contributed by atoms with Gasteiger partial charge >= 0.3 is 0 Å². The number of aromatic amines is 1. The van der Waals surface area contributed by atoms with E-state index in [2.05, 4.69) is 31.6 Å². The Hall–Kier alpha value is -3.32. The molecule has 4 aromatic rings. The summed E-state index contributed by atoms with van der Waals surface area (Å²) in [4.78, 5) is 19.1. The Morgan fingerprint density at radius 3 is 2.71 bits per heavy atom. The Balaban J connectivity index is 2.02. The summed E-state index contributed by atoms with van der Waals surface area (Å²) in [5.41, 5.74) is 1.31. The van der Waals surface area contributed by atoms with Crippen LogP contribution in [0.1, 0.15) is 12.5 Å². The van der Waals surface area contributed by atoms with E-state index in [4.69, 9.17) is 23.2 Å². The lowest BCUT2D eigenvalue weighted by molar-refractivity contribution is -0.114. The van der Waals surface area contributed by atoms with Crippen molar-refractivity contribution in [2.45, 2.75) is 6.92 Å². The molecular weight excluding hydrogens is 462 g/mol. The second-order valence-electron chi connectivity index (χ2n) is 6.31. The number of H-pyrrole nitrogens is 1. The molecule has 0 aliphatic carbocycles. The number of thiophene rings is 1. The van der Waals surface area contributed by atoms with Crippen LogP contribution in [0.25, 0.3) is 32.3 Å². The summed E-state index contributed by atoms with van der Waals surface area (Å²) in [5.74, 6) is -0.448. The van der Waals surface area contributed by atoms with Crippen LogP contribution in [-0.4, -0.2) is 26.1 Å². The number of amides is 1. The number of carbonyl (C=O) groups is 1. The molecule has 2 N–H and O–H groups in total. The molecule has 0 atom stereocenters. The van der Waals surface area contributed by atoms with Crippen molar-refractivity contribution in [1.82, 2.24) is 20.2 Å². The Bertz CT molecular complexity index is 1350. The summed E-state index contributed by atoms with van der Waals surface area (Å²) in [5, 5.41) is 21.1. The van der Waals surface area contributed by atoms with Gasteiger partial charge in [-0.05, 0) is 18.2 Å². The minimum atomic E-state index is -0.648. The largest absolute Gasteiger partial charge is 0.327 e. The van der Waals surface area contributed by atoms with Crippen molar-refractivity contribution in [2.75, 3.05) is 5.32 Å². The second-order valence-corrected chi connectivity index (χ2v) is 8.18. The molecule has 11 heteroatoms. The molecule has 0 saturated heterocycles. The predicted octanol–water partition coefficient (Wildman–Crippen LogP) is 5.54. The minimum absolute atomic E-state index is 0.109. The fraction of sp³-hybridized carbons (Fsp3) is 0.0500. The van der Waals surface area contributed by atoms with Crippen LogP contribution in [0.3, 0.4) is 0 Å². The van der Waals surface area contributed by atoms with E-state index in [1.165, 1.54) is 19.3 Å². The van der Waals surface area contributed by atoms with Gasteiger partial charge in [0.05, 0.1) is 21.5 Å². The van der Waals surface area contributed by atoms with Gasteiger partial charge in [0.15, 0.2) is 5.82 Å². The number of aromatic nitrogens is 4. The van der Waals surface area contributed by atoms with Crippen LogP contribution in [-0.2, 0) is 4.79 Å². The highest BCUT2D eigenvalue weighted by Crippen LogP contribution is 2.48. The number of nitrogens with zero attached hydrogens (tertiary/aromatic N) is 4. The van der Waals surface area contributed by atoms with E-state index in [9.17, 15) is 14.4 Å². The first-order chi connectivity index (χ1) is 14.9. The SMILES string of the molecule is CC(=O)Nc1cc(-c2sc(-c3nnc[nH]3)c(-c3ccc(Cl)cc3Cl)c2C#N)c(F)cn1. The molecule has 154 valence electrons. The molecule has 3 heterocycles. The average molecular weight is 473 g/mol. The highest BCUT2D eigenvalue weighted by atomic mass is 35.5. The van der Waals surface area contributed by atoms with Gasteiger partial charge in [-0.25, -0.2) is 9.37 Å². The van der Waals surface area contributed by atoms with Crippen molar-refractivity contribution in [1.29, 1.82) is 5.26 Å². The number of hydrogen-bond acceptors (Lipinski definition) is 6. The lowest BCUT2D eigenvalue weighted by Crippen LogP contribution is -2.07. The van der Waals surface area contributed by atoms with E-state index in [-0.39, 0.29) is 22.9 Å². The van der Waals surface area contributed by atoms with E-state index in [0.717, 1.165) is 17.5 Å². The number of benzene rings is 1. The molecule has 1 aromatic carbocycles. The first-order valence-corrected chi connectivity index (χ1v) is 10.3. The molecule has 3 aromatic heterocycles. The number of nitriles is 1. The van der Waals surface area contributed by atoms with Gasteiger partial charge in [0.25, 0.3) is 0 Å². The second kappa shape index (κ2) is 8.43. The van der Waals surface area contributed by atoms with Crippen LogP contribution in [0.4, 0.5) is 10.2 Å². The maximum atomic E-state index is 14.8. The Labute approximate surface area is 189 Å². The quantitative estimate of drug-likeness (QED) is 0.405. The Kier molecular flexibility index (Phi) is 5.69. The lowest BCUT2D eigenvalue weighted by Gasteiger charge is -2.07. The van der Waals surface area contributed by atoms with Gasteiger partial charge in [-0.1, -0.05) is 29.3 Å². The molecule has 1 amide bonds. The fourth-order valence-electron chi connectivity index (χ4n) is 3.02. The van der Waals surface area contributed by atoms with Crippen LogP contribution in [0, 0.1) is 17.1 Å². The topological polar surface area (TPSA) is 107 Å². The maximum absolute atomic E-state index is 14.8. The number of anilines is 1. The zero-order chi connectivity index (χ0) is 22.1. The molecule has 0 radical (unpaired) electrons. The van der Waals surface area contributed by atoms with E-state index in [1.807, 2.05) is 0 Å². The number of rotatable bonds is 4. The maximum Gasteiger partial charge on any atom is 0.222 e. The predicted molar refractivity (Wildman–Crippen MR) is 117 cm³/mol. The van der Waals surface area contributed by atoms with Crippen LogP contribution in [0.5, 0.6) is 0 Å². The zero-order valence-corrected chi connectivity index (χ0v) is 18.0. The van der Waals surface area contributed by atoms with Crippen molar-refractivity contribution in [2.24, 2.45) is 0 Å². The lowest BCUT2D eigenvalue weighted by atomic mass is 9.98. The van der Waals surface area contributed by atoms with Crippen molar-refractivity contribution in [3.63, 3.8) is 0 Å². The third-order valence-corrected chi connectivity index (χ3v) is 6.03. The Morgan fingerprint density at radius 2 is 2.06 bits per heavy atom. The number of hydrogen-bond donors (Lipinski definition) is 2. The Morgan fingerprint density at radius 1 is 1.26 bits per heavy atom. The summed E-state index contributed by atoms with van der Waals surface area (Å²) < 4.78 is 14.8. The van der Waals surface area contributed by atoms with Gasteiger partial charge in [0.2, 0.25) is 5.91 Å². The molecule has 0 fully saturated rings. The molecule has 0 unspecified atom stereocenters. The van der Waals surface area contributed by atoms with Crippen molar-refractivity contribution in [3.05, 3.63) is 58.2 Å². The number of pyridine rings is 1. The van der Waals surface area contributed by atoms with Crippen LogP contribution < -0.4 is 5.32 Å². The van der Waals surface area contributed by atoms with Crippen LogP contribution in [0.15, 0.2) is 36.8 Å². The van der Waals surface area contributed by atoms with E-state index in [1.54, 1.807) is 18.2 Å². The molecule has 0 aliphatic rings. The van der Waals surface area contributed by atoms with Crippen molar-refractivity contribution >= 4 is 46.3 Å². The molecular formula is C20H11Cl2FN6OS. The van der Waals surface area contributed by atoms with E-state index >= 15 is 0 Å². The number of halogens is 3. The summed E-state index contributed by atoms with van der Waals surface area (Å²) in [7, 11) is 0. The third kappa shape index (κ3) is 4.01. The van der Waals surface area contributed by atoms with E-state index in [0.29, 0.717) is 36.8 Å². The van der Waals surface area contributed by atoms with Crippen molar-refractivity contribution < 1.29 is 9.18 Å². The van der Waals surface area contributed by atoms with E-state index < -0.39 is 5.82 Å². The van der Waals surface area contributed by atoms with Gasteiger partial charge < -0.3 is 10.3 Å². The smallest absolute Gasteiger partial charge is 0.222 e. The van der Waals surface area contributed by atoms with Gasteiger partial charge in [-0.2, -0.15) is 5.26 Å². The standard InChI is InChI=1S/C20H11Cl2FN6OS/c1-9(30)28-16-5-12(15(23)7-25-16)18-13(6-24)17(11-3-2-10(21)4-14(11)22)19(31-18)20-26-8-27-29-20/h2-5,7-8H,1H3,(H,25,28,30)(H,26,27,29). The van der Waals surface area contributed by atoms with Gasteiger partial charge in [0, 0.05) is 33.7 Å². The molecule has 0 spiro atoms. The third-order valence-electron chi connectivity index (χ3n) is 4.26. The van der Waals surface area contributed by atoms with Gasteiger partial charge in [-0.3, -0.25) is 4.79 Å². The molecule has 7 nitrogen and oxygen atoms in total. The first kappa shape index (κ1) is 20.9. The monoisotopic (exact) mass is 472 g/mol. The highest BCUT2D eigenvalue weighted by Gasteiger charge is 2.26. The fourth-order valence-corrected chi connectivity index (χ4v) is 4.76. The van der Waals surface area contributed by atoms with Gasteiger partial charge in [-0.15, -0.1) is 21.5 Å². The summed E-state index contributed by atoms with van der Waals surface area (Å²) in [6, 6.07) is 8.42. The minimum Gasteiger partial charge on any atom is -0.327 e. The summed E-state index contributed by atoms with van der Waals surface area (Å²) in [6.45, 7) is 1.32. The van der Waals surface area contributed by atoms with Gasteiger partial charge in [0.1, 0.15) is 24.0 Å². The van der Waals surface area contributed by atoms with Crippen molar-refractivity contribution in [3.8, 4) is 38.3 Å². The van der Waals surface area contributed by atoms with Crippen LogP contribution in [0.2, 0.25) is 10.0 Å². The number of carbonyl (C=O) groups excluding carboxylic acids is 1. The van der Waals surface area contributed by atoms with Crippen LogP contribution >= 0.6 is 34.5 Å². The zero-order valence-electron chi connectivity index (χ0n) is 15.7. The summed E-state index contributed by atoms with van der Waals surface area (Å²) >= 11 is 13.6. The molecule has 4 rings (SSSR count). The molecule has 0 saturated carbocycles. The first-order valence-electron chi connectivity index (χ1n) is 8.71. The molecule has 0 bridgehead atoms. The normalized spacial score (nSPS) is 10.7. The summed E-state index contributed by atoms with van der Waals surface area (Å²) in [6.07, 6.45) is 2.39. The number of nitrogens with one attached hydrogen (secondary N) is 2. The average Bonchev–Trinajstić information content (AvgIpc) is 3.36.